The summed E-state index contributed by atoms with van der Waals surface area (Å²) in [5, 5.41) is 0. The molecular weight excluding hydrogens is 602 g/mol. The molecule has 1 atom stereocenters. The first-order valence-corrected chi connectivity index (χ1v) is 20.6. The van der Waals surface area contributed by atoms with Gasteiger partial charge in [0.1, 0.15) is 6.10 Å². The molecule has 0 saturated carbocycles. The number of likely N-dealkylation sites (tertiary alicyclic amines) is 1. The smallest absolute Gasteiger partial charge is 0.308 e. The normalized spacial score (nSPS) is 15.4. The number of rotatable bonds is 31. The van der Waals surface area contributed by atoms with Crippen molar-refractivity contribution in [2.24, 2.45) is 11.8 Å². The molecule has 48 heavy (non-hydrogen) atoms. The minimum Gasteiger partial charge on any atom is -0.465 e. The first-order chi connectivity index (χ1) is 23.4. The number of unbranched alkanes of at least 4 members (excludes halogenated alkanes) is 10. The summed E-state index contributed by atoms with van der Waals surface area (Å²) < 4.78 is 17.4. The highest BCUT2D eigenvalue weighted by molar-refractivity contribution is 5.72. The summed E-state index contributed by atoms with van der Waals surface area (Å²) in [6.07, 6.45) is 26.2. The number of ether oxygens (including phenoxy) is 3. The fourth-order valence-electron chi connectivity index (χ4n) is 6.89. The van der Waals surface area contributed by atoms with Crippen LogP contribution in [0.5, 0.6) is 0 Å². The van der Waals surface area contributed by atoms with Crippen molar-refractivity contribution in [3.05, 3.63) is 0 Å². The fraction of sp³-hybridized carbons (Fsp3) is 0.927. The summed E-state index contributed by atoms with van der Waals surface area (Å²) in [4.78, 5) is 40.5. The summed E-state index contributed by atoms with van der Waals surface area (Å²) in [6.45, 7) is 10.8. The van der Waals surface area contributed by atoms with Gasteiger partial charge in [-0.05, 0) is 90.6 Å². The van der Waals surface area contributed by atoms with Gasteiger partial charge in [0.05, 0.1) is 31.5 Å². The van der Waals surface area contributed by atoms with Gasteiger partial charge < -0.3 is 19.1 Å². The fourth-order valence-corrected chi connectivity index (χ4v) is 6.89. The lowest BCUT2D eigenvalue weighted by Crippen LogP contribution is -2.38. The molecule has 0 aromatic rings. The second-order valence-corrected chi connectivity index (χ2v) is 14.6. The lowest BCUT2D eigenvalue weighted by atomic mass is 9.96. The van der Waals surface area contributed by atoms with Gasteiger partial charge in [0.15, 0.2) is 0 Å². The van der Waals surface area contributed by atoms with E-state index < -0.39 is 0 Å². The van der Waals surface area contributed by atoms with Gasteiger partial charge in [-0.25, -0.2) is 0 Å². The first kappa shape index (κ1) is 44.4. The van der Waals surface area contributed by atoms with Gasteiger partial charge in [-0.15, -0.1) is 0 Å². The molecule has 1 heterocycles. The van der Waals surface area contributed by atoms with Crippen molar-refractivity contribution in [1.29, 1.82) is 0 Å². The highest BCUT2D eigenvalue weighted by atomic mass is 16.5. The number of carbonyl (C=O) groups excluding carboxylic acids is 3. The lowest BCUT2D eigenvalue weighted by molar-refractivity contribution is -0.151. The molecule has 1 saturated heterocycles. The Morgan fingerprint density at radius 1 is 0.583 bits per heavy atom. The third kappa shape index (κ3) is 22.2. The molecular formula is C41H77NO6. The van der Waals surface area contributed by atoms with Gasteiger partial charge in [0.25, 0.3) is 0 Å². The van der Waals surface area contributed by atoms with Crippen LogP contribution in [0.15, 0.2) is 0 Å². The average molecular weight is 680 g/mol. The Morgan fingerprint density at radius 3 is 1.44 bits per heavy atom. The molecule has 0 aromatic carbocycles. The highest BCUT2D eigenvalue weighted by Gasteiger charge is 2.24. The van der Waals surface area contributed by atoms with E-state index in [-0.39, 0.29) is 35.8 Å². The van der Waals surface area contributed by atoms with Crippen LogP contribution >= 0.6 is 0 Å². The lowest BCUT2D eigenvalue weighted by Gasteiger charge is -2.32. The molecule has 0 radical (unpaired) electrons. The highest BCUT2D eigenvalue weighted by Crippen LogP contribution is 2.22. The molecule has 0 spiro atoms. The number of hydrogen-bond donors (Lipinski definition) is 0. The first-order valence-electron chi connectivity index (χ1n) is 20.6. The van der Waals surface area contributed by atoms with Crippen LogP contribution in [0.2, 0.25) is 0 Å². The Labute approximate surface area is 296 Å². The van der Waals surface area contributed by atoms with E-state index >= 15 is 0 Å². The second-order valence-electron chi connectivity index (χ2n) is 14.6. The van der Waals surface area contributed by atoms with Crippen LogP contribution in [0.25, 0.3) is 0 Å². The Morgan fingerprint density at radius 2 is 1.02 bits per heavy atom. The Bertz CT molecular complexity index is 742. The van der Waals surface area contributed by atoms with Crippen LogP contribution in [-0.2, 0) is 28.6 Å². The number of nitrogens with zero attached hydrogens (tertiary/aromatic N) is 1. The van der Waals surface area contributed by atoms with E-state index in [0.29, 0.717) is 25.7 Å². The van der Waals surface area contributed by atoms with Crippen LogP contribution in [0.3, 0.4) is 0 Å². The number of esters is 3. The molecule has 0 amide bonds. The van der Waals surface area contributed by atoms with E-state index in [1.807, 2.05) is 0 Å². The van der Waals surface area contributed by atoms with Crippen LogP contribution in [0.4, 0.5) is 0 Å². The van der Waals surface area contributed by atoms with Gasteiger partial charge >= 0.3 is 17.9 Å². The van der Waals surface area contributed by atoms with Gasteiger partial charge in [-0.1, -0.05) is 111 Å². The van der Waals surface area contributed by atoms with Crippen LogP contribution in [0, 0.1) is 11.8 Å². The quantitative estimate of drug-likeness (QED) is 0.0410. The summed E-state index contributed by atoms with van der Waals surface area (Å²) in [5.74, 6) is 0.0472. The van der Waals surface area contributed by atoms with Crippen molar-refractivity contribution in [3.8, 4) is 0 Å². The molecule has 7 nitrogen and oxygen atoms in total. The summed E-state index contributed by atoms with van der Waals surface area (Å²) in [6, 6.07) is 0.296. The molecule has 1 fully saturated rings. The van der Waals surface area contributed by atoms with E-state index in [1.54, 1.807) is 0 Å². The Hall–Kier alpha value is -1.63. The molecule has 1 rings (SSSR count). The van der Waals surface area contributed by atoms with Crippen molar-refractivity contribution in [1.82, 2.24) is 4.90 Å². The molecule has 1 aliphatic heterocycles. The summed E-state index contributed by atoms with van der Waals surface area (Å²) in [5.41, 5.74) is 0. The maximum Gasteiger partial charge on any atom is 0.308 e. The Balaban J connectivity index is 2.42. The monoisotopic (exact) mass is 680 g/mol. The number of carbonyl (C=O) groups is 3. The van der Waals surface area contributed by atoms with Gasteiger partial charge in [0.2, 0.25) is 0 Å². The van der Waals surface area contributed by atoms with Crippen LogP contribution < -0.4 is 0 Å². The molecule has 0 aromatic heterocycles. The van der Waals surface area contributed by atoms with Crippen molar-refractivity contribution in [2.75, 3.05) is 26.8 Å². The maximum absolute atomic E-state index is 13.0. The zero-order chi connectivity index (χ0) is 35.2. The van der Waals surface area contributed by atoms with E-state index in [2.05, 4.69) is 39.6 Å². The topological polar surface area (TPSA) is 82.1 Å². The molecule has 7 heteroatoms. The van der Waals surface area contributed by atoms with Gasteiger partial charge in [0, 0.05) is 6.04 Å². The standard InChI is InChI=1S/C41H77NO6/c1-6-10-24-35(25-11-7-2)40(44)46-32-22-16-14-18-29-38(48-39(43)34-37-28-20-21-31-42(37)5)30-19-15-17-23-33-47-41(45)36(26-12-8-3)27-13-9-4/h35-38H,6-34H2,1-5H3. The molecule has 282 valence electrons. The molecule has 0 bridgehead atoms. The molecule has 1 aliphatic rings. The minimum atomic E-state index is -0.0565. The van der Waals surface area contributed by atoms with Gasteiger partial charge in [-0.2, -0.15) is 0 Å². The predicted octanol–water partition coefficient (Wildman–Crippen LogP) is 10.8. The van der Waals surface area contributed by atoms with Crippen molar-refractivity contribution in [2.45, 2.75) is 207 Å². The number of hydrogen-bond acceptors (Lipinski definition) is 7. The van der Waals surface area contributed by atoms with Crippen LogP contribution in [-0.4, -0.2) is 61.8 Å². The SMILES string of the molecule is CCCCC(CCCC)C(=O)OCCCCCCC(CCCCCCOC(=O)C(CCCC)CCCC)OC(=O)CC1CCCCN1C. The maximum atomic E-state index is 13.0. The third-order valence-electron chi connectivity index (χ3n) is 10.2. The summed E-state index contributed by atoms with van der Waals surface area (Å²) >= 11 is 0. The van der Waals surface area contributed by atoms with Gasteiger partial charge in [-0.3, -0.25) is 14.4 Å². The summed E-state index contributed by atoms with van der Waals surface area (Å²) in [7, 11) is 2.12. The van der Waals surface area contributed by atoms with Crippen molar-refractivity contribution >= 4 is 17.9 Å². The average Bonchev–Trinajstić information content (AvgIpc) is 3.08. The largest absolute Gasteiger partial charge is 0.465 e. The van der Waals surface area contributed by atoms with Crippen molar-refractivity contribution in [3.63, 3.8) is 0 Å². The third-order valence-corrected chi connectivity index (χ3v) is 10.2. The second kappa shape index (κ2) is 30.2. The zero-order valence-corrected chi connectivity index (χ0v) is 32.2. The molecule has 0 aliphatic carbocycles. The Kier molecular flexibility index (Phi) is 27.9. The van der Waals surface area contributed by atoms with Crippen LogP contribution in [0.1, 0.15) is 195 Å². The zero-order valence-electron chi connectivity index (χ0n) is 32.2. The van der Waals surface area contributed by atoms with E-state index in [1.165, 1.54) is 12.8 Å². The molecule has 1 unspecified atom stereocenters. The van der Waals surface area contributed by atoms with E-state index in [9.17, 15) is 14.4 Å². The minimum absolute atomic E-state index is 0.00575. The number of piperidine rings is 1. The van der Waals surface area contributed by atoms with Crippen molar-refractivity contribution < 1.29 is 28.6 Å². The van der Waals surface area contributed by atoms with E-state index in [0.717, 1.165) is 154 Å². The predicted molar refractivity (Wildman–Crippen MR) is 198 cm³/mol. The van der Waals surface area contributed by atoms with E-state index in [4.69, 9.17) is 14.2 Å². The molecule has 0 N–H and O–H groups in total.